The quantitative estimate of drug-likeness (QED) is 0.581. The number of carbonyl (C=O) groups excluding carboxylic acids is 1. The number of fused-ring (bicyclic) bond motifs is 1. The van der Waals surface area contributed by atoms with Gasteiger partial charge in [0.05, 0.1) is 25.4 Å². The van der Waals surface area contributed by atoms with E-state index >= 15 is 0 Å². The van der Waals surface area contributed by atoms with Crippen LogP contribution in [0.3, 0.4) is 0 Å². The van der Waals surface area contributed by atoms with Crippen LogP contribution in [0.5, 0.6) is 0 Å². The number of benzene rings is 2. The molecular formula is C28H36FNO5. The summed E-state index contributed by atoms with van der Waals surface area (Å²) in [5.74, 6) is -1.43. The summed E-state index contributed by atoms with van der Waals surface area (Å²) in [7, 11) is 0. The Hall–Kier alpha value is -2.32. The Morgan fingerprint density at radius 3 is 2.49 bits per heavy atom. The van der Waals surface area contributed by atoms with Crippen LogP contribution in [0.15, 0.2) is 48.5 Å². The summed E-state index contributed by atoms with van der Waals surface area (Å²) in [6.45, 7) is 9.89. The zero-order valence-electron chi connectivity index (χ0n) is 21.2. The van der Waals surface area contributed by atoms with Gasteiger partial charge < -0.3 is 24.3 Å². The van der Waals surface area contributed by atoms with Crippen LogP contribution in [-0.2, 0) is 37.0 Å². The number of aryl methyl sites for hydroxylation is 1. The Balaban J connectivity index is 1.61. The molecule has 2 aromatic carbocycles. The van der Waals surface area contributed by atoms with Crippen molar-refractivity contribution >= 4 is 5.91 Å². The van der Waals surface area contributed by atoms with E-state index in [1.54, 1.807) is 18.2 Å². The molecule has 0 bridgehead atoms. The number of amides is 1. The molecule has 1 heterocycles. The number of carbonyl (C=O) groups is 1. The van der Waals surface area contributed by atoms with Gasteiger partial charge in [-0.1, -0.05) is 48.0 Å². The monoisotopic (exact) mass is 485 g/mol. The lowest BCUT2D eigenvalue weighted by molar-refractivity contribution is -0.184. The molecule has 1 saturated heterocycles. The summed E-state index contributed by atoms with van der Waals surface area (Å²) in [5.41, 5.74) is 1.34. The van der Waals surface area contributed by atoms with Crippen molar-refractivity contribution < 1.29 is 28.1 Å². The van der Waals surface area contributed by atoms with Crippen LogP contribution in [-0.4, -0.2) is 41.6 Å². The zero-order chi connectivity index (χ0) is 25.2. The Bertz CT molecular complexity index is 1020. The van der Waals surface area contributed by atoms with Crippen LogP contribution < -0.4 is 5.32 Å². The molecule has 1 aliphatic carbocycles. The Morgan fingerprint density at radius 2 is 1.80 bits per heavy atom. The third kappa shape index (κ3) is 6.09. The maximum atomic E-state index is 14.4. The number of nitrogens with one attached hydrogen (secondary N) is 1. The minimum absolute atomic E-state index is 0.0372. The third-order valence-electron chi connectivity index (χ3n) is 6.53. The van der Waals surface area contributed by atoms with Crippen molar-refractivity contribution in [3.8, 4) is 0 Å². The van der Waals surface area contributed by atoms with Gasteiger partial charge in [-0.3, -0.25) is 4.79 Å². The van der Waals surface area contributed by atoms with E-state index in [2.05, 4.69) is 5.32 Å². The lowest BCUT2D eigenvalue weighted by Gasteiger charge is -2.43. The first kappa shape index (κ1) is 25.8. The van der Waals surface area contributed by atoms with Gasteiger partial charge in [0.1, 0.15) is 11.9 Å². The molecule has 2 aromatic rings. The van der Waals surface area contributed by atoms with Crippen LogP contribution in [0.2, 0.25) is 0 Å². The van der Waals surface area contributed by atoms with E-state index in [0.717, 1.165) is 5.56 Å². The van der Waals surface area contributed by atoms with Crippen molar-refractivity contribution in [2.24, 2.45) is 0 Å². The number of halogens is 1. The smallest absolute Gasteiger partial charge is 0.252 e. The van der Waals surface area contributed by atoms with Gasteiger partial charge in [-0.15, -0.1) is 0 Å². The molecule has 7 heteroatoms. The number of hydrogen-bond acceptors (Lipinski definition) is 5. The van der Waals surface area contributed by atoms with Crippen LogP contribution in [0.4, 0.5) is 4.39 Å². The predicted octanol–water partition coefficient (Wildman–Crippen LogP) is 4.81. The minimum Gasteiger partial charge on any atom is -0.371 e. The number of rotatable bonds is 8. The van der Waals surface area contributed by atoms with Crippen molar-refractivity contribution in [2.75, 3.05) is 0 Å². The van der Waals surface area contributed by atoms with E-state index in [4.69, 9.17) is 18.9 Å². The van der Waals surface area contributed by atoms with E-state index in [-0.39, 0.29) is 36.9 Å². The average molecular weight is 486 g/mol. The minimum atomic E-state index is -1.25. The first-order valence-corrected chi connectivity index (χ1v) is 12.3. The summed E-state index contributed by atoms with van der Waals surface area (Å²) < 4.78 is 39.4. The largest absolute Gasteiger partial charge is 0.371 e. The Morgan fingerprint density at radius 1 is 1.09 bits per heavy atom. The van der Waals surface area contributed by atoms with Gasteiger partial charge in [-0.25, -0.2) is 4.39 Å². The highest BCUT2D eigenvalue weighted by atomic mass is 19.1. The van der Waals surface area contributed by atoms with Crippen molar-refractivity contribution in [3.63, 3.8) is 0 Å². The Kier molecular flexibility index (Phi) is 7.62. The number of hydrogen-bond donors (Lipinski definition) is 1. The maximum Gasteiger partial charge on any atom is 0.252 e. The van der Waals surface area contributed by atoms with Gasteiger partial charge in [0.15, 0.2) is 11.4 Å². The van der Waals surface area contributed by atoms with Crippen LogP contribution in [0.1, 0.15) is 57.2 Å². The summed E-state index contributed by atoms with van der Waals surface area (Å²) in [6, 6.07) is 14.5. The van der Waals surface area contributed by atoms with Crippen molar-refractivity contribution in [3.05, 3.63) is 71.0 Å². The van der Waals surface area contributed by atoms with Crippen LogP contribution >= 0.6 is 0 Å². The lowest BCUT2D eigenvalue weighted by atomic mass is 9.78. The summed E-state index contributed by atoms with van der Waals surface area (Å²) in [6.07, 6.45) is -0.631. The first-order valence-electron chi connectivity index (χ1n) is 12.3. The Labute approximate surface area is 207 Å². The molecule has 4 rings (SSSR count). The summed E-state index contributed by atoms with van der Waals surface area (Å²) in [5, 5.41) is 3.00. The van der Waals surface area contributed by atoms with Gasteiger partial charge >= 0.3 is 0 Å². The maximum absolute atomic E-state index is 14.4. The molecule has 6 nitrogen and oxygen atoms in total. The molecule has 0 spiro atoms. The fourth-order valence-corrected chi connectivity index (χ4v) is 4.82. The zero-order valence-corrected chi connectivity index (χ0v) is 21.2. The third-order valence-corrected chi connectivity index (χ3v) is 6.53. The molecule has 0 radical (unpaired) electrons. The molecule has 1 N–H and O–H groups in total. The molecule has 35 heavy (non-hydrogen) atoms. The highest BCUT2D eigenvalue weighted by molar-refractivity contribution is 5.85. The molecule has 2 fully saturated rings. The normalized spacial score (nSPS) is 27.6. The second kappa shape index (κ2) is 10.3. The van der Waals surface area contributed by atoms with E-state index in [9.17, 15) is 9.18 Å². The lowest BCUT2D eigenvalue weighted by Crippen LogP contribution is -2.60. The average Bonchev–Trinajstić information content (AvgIpc) is 3.11. The topological polar surface area (TPSA) is 66.0 Å². The molecule has 2 aliphatic rings. The van der Waals surface area contributed by atoms with Gasteiger partial charge in [0.2, 0.25) is 0 Å². The highest BCUT2D eigenvalue weighted by Crippen LogP contribution is 2.44. The number of ether oxygens (including phenoxy) is 4. The molecule has 190 valence electrons. The van der Waals surface area contributed by atoms with Gasteiger partial charge in [-0.05, 0) is 46.2 Å². The van der Waals surface area contributed by atoms with Crippen LogP contribution in [0.25, 0.3) is 0 Å². The molecule has 1 amide bonds. The SMILES string of the molecule is Cc1ccc(CO[C@H]2C[C@](OCc3ccccc3F)(C(=O)NC(C)C)C[C@H]3OC(C)(C)O[C@@H]23)cc1. The molecule has 1 saturated carbocycles. The second-order valence-electron chi connectivity index (χ2n) is 10.4. The molecular weight excluding hydrogens is 449 g/mol. The van der Waals surface area contributed by atoms with E-state index in [1.165, 1.54) is 11.6 Å². The van der Waals surface area contributed by atoms with Crippen molar-refractivity contribution in [1.82, 2.24) is 5.32 Å². The summed E-state index contributed by atoms with van der Waals surface area (Å²) in [4.78, 5) is 13.6. The summed E-state index contributed by atoms with van der Waals surface area (Å²) >= 11 is 0. The highest BCUT2D eigenvalue weighted by Gasteiger charge is 2.58. The second-order valence-corrected chi connectivity index (χ2v) is 10.4. The van der Waals surface area contributed by atoms with Crippen molar-refractivity contribution in [2.45, 2.75) is 96.4 Å². The predicted molar refractivity (Wildman–Crippen MR) is 130 cm³/mol. The molecule has 1 aliphatic heterocycles. The fourth-order valence-electron chi connectivity index (χ4n) is 4.82. The van der Waals surface area contributed by atoms with E-state index < -0.39 is 23.6 Å². The fraction of sp³-hybridized carbons (Fsp3) is 0.536. The van der Waals surface area contributed by atoms with Gasteiger partial charge in [-0.2, -0.15) is 0 Å². The van der Waals surface area contributed by atoms with Gasteiger partial charge in [0.25, 0.3) is 5.91 Å². The van der Waals surface area contributed by atoms with Crippen LogP contribution in [0, 0.1) is 12.7 Å². The van der Waals surface area contributed by atoms with E-state index in [1.807, 2.05) is 58.9 Å². The first-order chi connectivity index (χ1) is 16.6. The molecule has 4 atom stereocenters. The molecule has 0 aromatic heterocycles. The molecule has 0 unspecified atom stereocenters. The van der Waals surface area contributed by atoms with Gasteiger partial charge in [0, 0.05) is 24.4 Å². The standard InChI is InChI=1S/C28H36FNO5/c1-18(2)30-26(31)28(33-17-21-8-6-7-9-22(21)29)14-23(25-24(15-28)34-27(4,5)35-25)32-16-20-12-10-19(3)11-13-20/h6-13,18,23-25H,14-17H2,1-5H3,(H,30,31)/t23-,24+,25-,28+/m0/s1. The van der Waals surface area contributed by atoms with Crippen molar-refractivity contribution in [1.29, 1.82) is 0 Å². The van der Waals surface area contributed by atoms with E-state index in [0.29, 0.717) is 18.6 Å².